The molecule has 0 unspecified atom stereocenters. The lowest BCUT2D eigenvalue weighted by Crippen LogP contribution is -2.26. The number of carbonyl (C=O) groups excluding carboxylic acids is 1. The Morgan fingerprint density at radius 1 is 1.20 bits per heavy atom. The first-order valence-corrected chi connectivity index (χ1v) is 6.77. The topological polar surface area (TPSA) is 34.0 Å². The highest BCUT2D eigenvalue weighted by molar-refractivity contribution is 5.76. The second kappa shape index (κ2) is 6.89. The Hall–Kier alpha value is -2.10. The third-order valence-corrected chi connectivity index (χ3v) is 3.33. The highest BCUT2D eigenvalue weighted by Crippen LogP contribution is 2.06. The number of hydrogen-bond acceptors (Lipinski definition) is 1. The Kier molecular flexibility index (Phi) is 4.93. The van der Waals surface area contributed by atoms with Crippen molar-refractivity contribution in [1.82, 2.24) is 9.88 Å². The highest BCUT2D eigenvalue weighted by Gasteiger charge is 2.05. The summed E-state index contributed by atoms with van der Waals surface area (Å²) in [5.74, 6) is -0.215. The normalized spacial score (nSPS) is 10.5. The van der Waals surface area contributed by atoms with Gasteiger partial charge in [0.1, 0.15) is 5.82 Å². The van der Waals surface area contributed by atoms with E-state index in [0.717, 1.165) is 12.1 Å². The van der Waals surface area contributed by atoms with Gasteiger partial charge in [-0.05, 0) is 36.6 Å². The molecule has 1 N–H and O–H groups in total. The Morgan fingerprint density at radius 3 is 2.70 bits per heavy atom. The summed E-state index contributed by atoms with van der Waals surface area (Å²) < 4.78 is 15.4. The molecular weight excluding hydrogens is 255 g/mol. The van der Waals surface area contributed by atoms with Crippen molar-refractivity contribution in [3.63, 3.8) is 0 Å². The number of rotatable bonds is 6. The molecule has 20 heavy (non-hydrogen) atoms. The Labute approximate surface area is 118 Å². The Morgan fingerprint density at radius 2 is 2.00 bits per heavy atom. The van der Waals surface area contributed by atoms with Crippen LogP contribution in [0.25, 0.3) is 0 Å². The molecule has 1 aromatic carbocycles. The van der Waals surface area contributed by atoms with Gasteiger partial charge >= 0.3 is 0 Å². The van der Waals surface area contributed by atoms with E-state index in [9.17, 15) is 9.18 Å². The molecule has 0 fully saturated rings. The molecule has 0 radical (unpaired) electrons. The largest absolute Gasteiger partial charge is 0.356 e. The van der Waals surface area contributed by atoms with Crippen molar-refractivity contribution in [1.29, 1.82) is 0 Å². The van der Waals surface area contributed by atoms with E-state index in [2.05, 4.69) is 5.32 Å². The van der Waals surface area contributed by atoms with E-state index in [1.807, 2.05) is 29.9 Å². The average molecular weight is 274 g/mol. The van der Waals surface area contributed by atoms with E-state index in [1.54, 1.807) is 18.2 Å². The number of nitrogens with zero attached hydrogens (tertiary/aromatic N) is 1. The van der Waals surface area contributed by atoms with Crippen LogP contribution in [0.2, 0.25) is 0 Å². The average Bonchev–Trinajstić information content (AvgIpc) is 2.84. The van der Waals surface area contributed by atoms with E-state index < -0.39 is 0 Å². The zero-order valence-corrected chi connectivity index (χ0v) is 11.6. The molecule has 1 aromatic heterocycles. The third kappa shape index (κ3) is 3.95. The number of aromatic nitrogens is 1. The van der Waals surface area contributed by atoms with Crippen molar-refractivity contribution < 1.29 is 9.18 Å². The van der Waals surface area contributed by atoms with Gasteiger partial charge in [-0.15, -0.1) is 0 Å². The number of hydrogen-bond donors (Lipinski definition) is 1. The lowest BCUT2D eigenvalue weighted by atomic mass is 10.1. The molecule has 0 aliphatic carbocycles. The third-order valence-electron chi connectivity index (χ3n) is 3.33. The van der Waals surface area contributed by atoms with Crippen LogP contribution in [-0.4, -0.2) is 17.0 Å². The molecule has 3 nitrogen and oxygen atoms in total. The number of nitrogens with one attached hydrogen (secondary N) is 1. The second-order valence-corrected chi connectivity index (χ2v) is 4.80. The van der Waals surface area contributed by atoms with E-state index in [0.29, 0.717) is 24.9 Å². The van der Waals surface area contributed by atoms with Crippen LogP contribution < -0.4 is 5.32 Å². The van der Waals surface area contributed by atoms with Gasteiger partial charge in [0.05, 0.1) is 0 Å². The van der Waals surface area contributed by atoms with Gasteiger partial charge in [-0.1, -0.05) is 18.2 Å². The van der Waals surface area contributed by atoms with Gasteiger partial charge in [0.15, 0.2) is 0 Å². The predicted molar refractivity (Wildman–Crippen MR) is 76.8 cm³/mol. The van der Waals surface area contributed by atoms with E-state index in [1.165, 1.54) is 6.07 Å². The fourth-order valence-corrected chi connectivity index (χ4v) is 2.12. The molecule has 2 rings (SSSR count). The predicted octanol–water partition coefficient (Wildman–Crippen LogP) is 2.46. The standard InChI is InChI=1S/C16H19FN2O/c1-19-12-4-6-14(19)8-9-16(20)18-11-10-13-5-2-3-7-15(13)17/h2-7,12H,8-11H2,1H3,(H,18,20). The van der Waals surface area contributed by atoms with Crippen LogP contribution in [0.3, 0.4) is 0 Å². The summed E-state index contributed by atoms with van der Waals surface area (Å²) in [4.78, 5) is 11.7. The SMILES string of the molecule is Cn1cccc1CCC(=O)NCCc1ccccc1F. The van der Waals surface area contributed by atoms with Crippen molar-refractivity contribution >= 4 is 5.91 Å². The fourth-order valence-electron chi connectivity index (χ4n) is 2.12. The number of halogens is 1. The summed E-state index contributed by atoms with van der Waals surface area (Å²) >= 11 is 0. The summed E-state index contributed by atoms with van der Waals surface area (Å²) in [5, 5.41) is 2.83. The molecule has 1 heterocycles. The molecule has 106 valence electrons. The molecule has 4 heteroatoms. The zero-order chi connectivity index (χ0) is 14.4. The van der Waals surface area contributed by atoms with Gasteiger partial charge in [-0.25, -0.2) is 4.39 Å². The second-order valence-electron chi connectivity index (χ2n) is 4.80. The van der Waals surface area contributed by atoms with Crippen molar-refractivity contribution in [2.45, 2.75) is 19.3 Å². The smallest absolute Gasteiger partial charge is 0.220 e. The minimum atomic E-state index is -0.217. The maximum atomic E-state index is 13.4. The van der Waals surface area contributed by atoms with Gasteiger partial charge in [0.25, 0.3) is 0 Å². The molecule has 0 bridgehead atoms. The number of benzene rings is 1. The lowest BCUT2D eigenvalue weighted by molar-refractivity contribution is -0.121. The maximum absolute atomic E-state index is 13.4. The maximum Gasteiger partial charge on any atom is 0.220 e. The first kappa shape index (κ1) is 14.3. The highest BCUT2D eigenvalue weighted by atomic mass is 19.1. The molecule has 0 saturated heterocycles. The van der Waals surface area contributed by atoms with Crippen LogP contribution >= 0.6 is 0 Å². The molecule has 0 spiro atoms. The van der Waals surface area contributed by atoms with Crippen LogP contribution in [0, 0.1) is 5.82 Å². The monoisotopic (exact) mass is 274 g/mol. The quantitative estimate of drug-likeness (QED) is 0.862. The molecule has 0 atom stereocenters. The van der Waals surface area contributed by atoms with E-state index in [4.69, 9.17) is 0 Å². The molecule has 0 aliphatic rings. The lowest BCUT2D eigenvalue weighted by Gasteiger charge is -2.07. The van der Waals surface area contributed by atoms with Gasteiger partial charge in [-0.3, -0.25) is 4.79 Å². The van der Waals surface area contributed by atoms with Crippen LogP contribution in [0.15, 0.2) is 42.6 Å². The van der Waals surface area contributed by atoms with E-state index >= 15 is 0 Å². The van der Waals surface area contributed by atoms with E-state index in [-0.39, 0.29) is 11.7 Å². The van der Waals surface area contributed by atoms with Crippen LogP contribution in [0.5, 0.6) is 0 Å². The van der Waals surface area contributed by atoms with Crippen LogP contribution in [0.4, 0.5) is 4.39 Å². The van der Waals surface area contributed by atoms with Crippen molar-refractivity contribution in [2.75, 3.05) is 6.54 Å². The first-order valence-electron chi connectivity index (χ1n) is 6.77. The van der Waals surface area contributed by atoms with Crippen molar-refractivity contribution in [3.8, 4) is 0 Å². The Bertz CT molecular complexity index is 577. The molecule has 0 aliphatic heterocycles. The fraction of sp³-hybridized carbons (Fsp3) is 0.312. The minimum absolute atomic E-state index is 0.00235. The summed E-state index contributed by atoms with van der Waals surface area (Å²) in [7, 11) is 1.96. The van der Waals surface area contributed by atoms with Gasteiger partial charge in [0.2, 0.25) is 5.91 Å². The molecule has 1 amide bonds. The number of aryl methyl sites for hydroxylation is 2. The summed E-state index contributed by atoms with van der Waals surface area (Å²) in [6.45, 7) is 0.465. The minimum Gasteiger partial charge on any atom is -0.356 e. The Balaban J connectivity index is 1.71. The summed E-state index contributed by atoms with van der Waals surface area (Å²) in [5.41, 5.74) is 1.77. The summed E-state index contributed by atoms with van der Waals surface area (Å²) in [6, 6.07) is 10.6. The molecular formula is C16H19FN2O. The number of amides is 1. The molecule has 2 aromatic rings. The van der Waals surface area contributed by atoms with Gasteiger partial charge in [-0.2, -0.15) is 0 Å². The van der Waals surface area contributed by atoms with Gasteiger partial charge < -0.3 is 9.88 Å². The van der Waals surface area contributed by atoms with Crippen molar-refractivity contribution in [2.24, 2.45) is 7.05 Å². The van der Waals surface area contributed by atoms with Crippen molar-refractivity contribution in [3.05, 3.63) is 59.7 Å². The first-order chi connectivity index (χ1) is 9.66. The van der Waals surface area contributed by atoms with Crippen LogP contribution in [-0.2, 0) is 24.7 Å². The zero-order valence-electron chi connectivity index (χ0n) is 11.6. The molecule has 0 saturated carbocycles. The number of carbonyl (C=O) groups is 1. The van der Waals surface area contributed by atoms with Crippen LogP contribution in [0.1, 0.15) is 17.7 Å². The van der Waals surface area contributed by atoms with Gasteiger partial charge in [0, 0.05) is 31.9 Å². The summed E-state index contributed by atoms with van der Waals surface area (Å²) in [6.07, 6.45) is 3.65.